The number of aryl methyl sites for hydroxylation is 1. The summed E-state index contributed by atoms with van der Waals surface area (Å²) < 4.78 is 16.1. The Kier molecular flexibility index (Phi) is 7.60. The highest BCUT2D eigenvalue weighted by Gasteiger charge is 2.06. The van der Waals surface area contributed by atoms with Crippen molar-refractivity contribution in [1.29, 1.82) is 0 Å². The molecular weight excluding hydrogens is 354 g/mol. The van der Waals surface area contributed by atoms with Gasteiger partial charge in [-0.1, -0.05) is 17.7 Å². The van der Waals surface area contributed by atoms with Crippen molar-refractivity contribution < 1.29 is 19.0 Å². The largest absolute Gasteiger partial charge is 0.494 e. The van der Waals surface area contributed by atoms with Crippen LogP contribution in [0.3, 0.4) is 0 Å². The molecular formula is C20H24ClNO4. The molecule has 0 saturated heterocycles. The number of amides is 1. The molecule has 2 rings (SSSR count). The quantitative estimate of drug-likeness (QED) is 0.667. The summed E-state index contributed by atoms with van der Waals surface area (Å²) in [7, 11) is 3.18. The maximum absolute atomic E-state index is 12.0. The van der Waals surface area contributed by atoms with Crippen molar-refractivity contribution in [3.05, 3.63) is 52.5 Å². The van der Waals surface area contributed by atoms with Crippen molar-refractivity contribution in [3.63, 3.8) is 0 Å². The first-order chi connectivity index (χ1) is 12.5. The molecule has 0 aliphatic heterocycles. The summed E-state index contributed by atoms with van der Waals surface area (Å²) in [6.45, 7) is 2.85. The molecule has 0 unspecified atom stereocenters. The molecule has 5 nitrogen and oxygen atoms in total. The van der Waals surface area contributed by atoms with Gasteiger partial charge < -0.3 is 19.5 Å². The summed E-state index contributed by atoms with van der Waals surface area (Å²) >= 11 is 5.98. The van der Waals surface area contributed by atoms with Gasteiger partial charge in [-0.25, -0.2) is 0 Å². The van der Waals surface area contributed by atoms with Crippen LogP contribution in [0.4, 0.5) is 0 Å². The van der Waals surface area contributed by atoms with Crippen LogP contribution in [0.5, 0.6) is 17.2 Å². The molecule has 0 atom stereocenters. The van der Waals surface area contributed by atoms with E-state index in [0.717, 1.165) is 16.9 Å². The van der Waals surface area contributed by atoms with Gasteiger partial charge in [0.05, 0.1) is 20.8 Å². The Morgan fingerprint density at radius 3 is 2.54 bits per heavy atom. The summed E-state index contributed by atoms with van der Waals surface area (Å²) in [5, 5.41) is 3.61. The van der Waals surface area contributed by atoms with E-state index in [-0.39, 0.29) is 5.91 Å². The van der Waals surface area contributed by atoms with Crippen molar-refractivity contribution in [1.82, 2.24) is 5.32 Å². The number of nitrogens with one attached hydrogen (secondary N) is 1. The molecule has 0 spiro atoms. The molecule has 1 N–H and O–H groups in total. The van der Waals surface area contributed by atoms with Gasteiger partial charge >= 0.3 is 0 Å². The summed E-state index contributed by atoms with van der Waals surface area (Å²) in [6.07, 6.45) is 1.04. The molecule has 2 aromatic rings. The maximum Gasteiger partial charge on any atom is 0.220 e. The molecule has 0 fully saturated rings. The monoisotopic (exact) mass is 377 g/mol. The third-order valence-electron chi connectivity index (χ3n) is 3.88. The number of carbonyl (C=O) groups is 1. The van der Waals surface area contributed by atoms with E-state index in [2.05, 4.69) is 5.32 Å². The Labute approximate surface area is 159 Å². The average molecular weight is 378 g/mol. The summed E-state index contributed by atoms with van der Waals surface area (Å²) in [5.41, 5.74) is 1.92. The molecule has 26 heavy (non-hydrogen) atoms. The Morgan fingerprint density at radius 2 is 1.85 bits per heavy atom. The van der Waals surface area contributed by atoms with Crippen LogP contribution in [0, 0.1) is 6.92 Å². The second kappa shape index (κ2) is 9.92. The zero-order chi connectivity index (χ0) is 18.9. The first-order valence-electron chi connectivity index (χ1n) is 8.40. The maximum atomic E-state index is 12.0. The van der Waals surface area contributed by atoms with Gasteiger partial charge in [0.1, 0.15) is 5.75 Å². The van der Waals surface area contributed by atoms with Crippen molar-refractivity contribution in [2.75, 3.05) is 20.8 Å². The fourth-order valence-corrected chi connectivity index (χ4v) is 2.53. The third kappa shape index (κ3) is 5.85. The topological polar surface area (TPSA) is 56.8 Å². The number of benzene rings is 2. The number of rotatable bonds is 9. The van der Waals surface area contributed by atoms with Crippen molar-refractivity contribution >= 4 is 17.5 Å². The molecule has 0 aliphatic carbocycles. The molecule has 0 radical (unpaired) electrons. The van der Waals surface area contributed by atoms with E-state index >= 15 is 0 Å². The fourth-order valence-electron chi connectivity index (χ4n) is 2.41. The first kappa shape index (κ1) is 19.9. The Balaban J connectivity index is 1.71. The van der Waals surface area contributed by atoms with E-state index in [1.807, 2.05) is 43.3 Å². The van der Waals surface area contributed by atoms with Crippen LogP contribution < -0.4 is 19.5 Å². The van der Waals surface area contributed by atoms with Crippen LogP contribution in [0.25, 0.3) is 0 Å². The first-order valence-corrected chi connectivity index (χ1v) is 8.78. The molecule has 0 heterocycles. The number of halogens is 1. The number of ether oxygens (including phenoxy) is 3. The Bertz CT molecular complexity index is 749. The summed E-state index contributed by atoms with van der Waals surface area (Å²) in [5.74, 6) is 2.05. The van der Waals surface area contributed by atoms with E-state index in [1.165, 1.54) is 0 Å². The zero-order valence-corrected chi connectivity index (χ0v) is 16.1. The highest BCUT2D eigenvalue weighted by molar-refractivity contribution is 6.31. The molecule has 6 heteroatoms. The average Bonchev–Trinajstić information content (AvgIpc) is 2.66. The van der Waals surface area contributed by atoms with Gasteiger partial charge in [0.25, 0.3) is 0 Å². The highest BCUT2D eigenvalue weighted by Crippen LogP contribution is 2.27. The van der Waals surface area contributed by atoms with Crippen LogP contribution in [0.15, 0.2) is 36.4 Å². The molecule has 0 aromatic heterocycles. The molecule has 140 valence electrons. The van der Waals surface area contributed by atoms with Gasteiger partial charge in [0, 0.05) is 18.0 Å². The fraction of sp³-hybridized carbons (Fsp3) is 0.350. The third-order valence-corrected chi connectivity index (χ3v) is 4.31. The van der Waals surface area contributed by atoms with E-state index in [4.69, 9.17) is 25.8 Å². The SMILES string of the molecule is COc1ccc(CNC(=O)CCCOc2ccc(Cl)c(C)c2)cc1OC. The van der Waals surface area contributed by atoms with Crippen molar-refractivity contribution in [3.8, 4) is 17.2 Å². The van der Waals surface area contributed by atoms with Crippen molar-refractivity contribution in [2.45, 2.75) is 26.3 Å². The van der Waals surface area contributed by atoms with Crippen LogP contribution >= 0.6 is 11.6 Å². The van der Waals surface area contributed by atoms with E-state index in [0.29, 0.717) is 42.5 Å². The Morgan fingerprint density at radius 1 is 1.08 bits per heavy atom. The second-order valence-electron chi connectivity index (χ2n) is 5.83. The lowest BCUT2D eigenvalue weighted by Crippen LogP contribution is -2.23. The highest BCUT2D eigenvalue weighted by atomic mass is 35.5. The lowest BCUT2D eigenvalue weighted by atomic mass is 10.2. The molecule has 1 amide bonds. The van der Waals surface area contributed by atoms with E-state index in [9.17, 15) is 4.79 Å². The van der Waals surface area contributed by atoms with Gasteiger partial charge in [0.15, 0.2) is 11.5 Å². The summed E-state index contributed by atoms with van der Waals surface area (Å²) in [4.78, 5) is 12.0. The lowest BCUT2D eigenvalue weighted by Gasteiger charge is -2.11. The number of hydrogen-bond acceptors (Lipinski definition) is 4. The molecule has 2 aromatic carbocycles. The van der Waals surface area contributed by atoms with E-state index in [1.54, 1.807) is 14.2 Å². The standard InChI is InChI=1S/C20H24ClNO4/c1-14-11-16(7-8-17(14)21)26-10-4-5-20(23)22-13-15-6-9-18(24-2)19(12-15)25-3/h6-9,11-12H,4-5,10,13H2,1-3H3,(H,22,23). The normalized spacial score (nSPS) is 10.3. The number of hydrogen-bond donors (Lipinski definition) is 1. The minimum absolute atomic E-state index is 0.0179. The van der Waals surface area contributed by atoms with Crippen LogP contribution in [0.2, 0.25) is 5.02 Å². The van der Waals surface area contributed by atoms with Gasteiger partial charge in [-0.2, -0.15) is 0 Å². The predicted octanol–water partition coefficient (Wildman–Crippen LogP) is 4.14. The van der Waals surface area contributed by atoms with Gasteiger partial charge in [0.2, 0.25) is 5.91 Å². The summed E-state index contributed by atoms with van der Waals surface area (Å²) in [6, 6.07) is 11.1. The van der Waals surface area contributed by atoms with Gasteiger partial charge in [-0.05, 0) is 54.8 Å². The van der Waals surface area contributed by atoms with Gasteiger partial charge in [-0.15, -0.1) is 0 Å². The minimum Gasteiger partial charge on any atom is -0.494 e. The molecule has 0 saturated carbocycles. The smallest absolute Gasteiger partial charge is 0.220 e. The Hall–Kier alpha value is -2.40. The van der Waals surface area contributed by atoms with Crippen LogP contribution in [0.1, 0.15) is 24.0 Å². The minimum atomic E-state index is -0.0179. The molecule has 0 bridgehead atoms. The number of methoxy groups -OCH3 is 2. The van der Waals surface area contributed by atoms with Crippen LogP contribution in [-0.2, 0) is 11.3 Å². The zero-order valence-electron chi connectivity index (χ0n) is 15.3. The second-order valence-corrected chi connectivity index (χ2v) is 6.24. The van der Waals surface area contributed by atoms with Gasteiger partial charge in [-0.3, -0.25) is 4.79 Å². The molecule has 0 aliphatic rings. The predicted molar refractivity (Wildman–Crippen MR) is 102 cm³/mol. The van der Waals surface area contributed by atoms with E-state index < -0.39 is 0 Å². The van der Waals surface area contributed by atoms with Crippen molar-refractivity contribution in [2.24, 2.45) is 0 Å². The van der Waals surface area contributed by atoms with Crippen LogP contribution in [-0.4, -0.2) is 26.7 Å². The lowest BCUT2D eigenvalue weighted by molar-refractivity contribution is -0.121. The number of carbonyl (C=O) groups excluding carboxylic acids is 1.